The van der Waals surface area contributed by atoms with Crippen LogP contribution < -0.4 is 4.90 Å². The highest BCUT2D eigenvalue weighted by atomic mass is 35.5. The van der Waals surface area contributed by atoms with E-state index in [2.05, 4.69) is 15.0 Å². The Labute approximate surface area is 174 Å². The van der Waals surface area contributed by atoms with Gasteiger partial charge in [-0.3, -0.25) is 0 Å². The molecule has 0 saturated carbocycles. The monoisotopic (exact) mass is 414 g/mol. The van der Waals surface area contributed by atoms with Crippen molar-refractivity contribution in [3.05, 3.63) is 41.8 Å². The van der Waals surface area contributed by atoms with Gasteiger partial charge in [0.2, 0.25) is 0 Å². The smallest absolute Gasteiger partial charge is 0.410 e. The van der Waals surface area contributed by atoms with E-state index >= 15 is 0 Å². The highest BCUT2D eigenvalue weighted by Crippen LogP contribution is 2.22. The summed E-state index contributed by atoms with van der Waals surface area (Å²) < 4.78 is 7.09. The van der Waals surface area contributed by atoms with Gasteiger partial charge in [-0.05, 0) is 32.4 Å². The second-order valence-electron chi connectivity index (χ2n) is 7.24. The zero-order valence-corrected chi connectivity index (χ0v) is 17.2. The number of ether oxygens (including phenoxy) is 1. The zero-order chi connectivity index (χ0) is 20.4. The molecule has 1 aliphatic heterocycles. The fraction of sp³-hybridized carbons (Fsp3) is 0.400. The molecule has 3 aromatic rings. The van der Waals surface area contributed by atoms with Crippen LogP contribution in [0.1, 0.15) is 20.3 Å². The van der Waals surface area contributed by atoms with E-state index in [1.165, 1.54) is 0 Å². The number of aromatic nitrogens is 4. The molecule has 4 rings (SSSR count). The fourth-order valence-electron chi connectivity index (χ4n) is 3.39. The molecule has 1 aliphatic rings. The Hall–Kier alpha value is -2.87. The van der Waals surface area contributed by atoms with Gasteiger partial charge in [0.15, 0.2) is 5.82 Å². The number of carbonyl (C=O) groups excluding carboxylic acids is 1. The van der Waals surface area contributed by atoms with Crippen LogP contribution >= 0.6 is 11.6 Å². The van der Waals surface area contributed by atoms with Crippen LogP contribution in [0.4, 0.5) is 10.6 Å². The SMILES string of the molecule is CC(C)OC(=O)N1CCCN(c2cccc(-n3ncc4cnc(Cl)cc43)n2)CC1. The zero-order valence-electron chi connectivity index (χ0n) is 16.5. The molecule has 152 valence electrons. The summed E-state index contributed by atoms with van der Waals surface area (Å²) in [6, 6.07) is 7.63. The number of hydrogen-bond acceptors (Lipinski definition) is 6. The number of rotatable bonds is 3. The lowest BCUT2D eigenvalue weighted by Crippen LogP contribution is -2.36. The van der Waals surface area contributed by atoms with Gasteiger partial charge in [0.1, 0.15) is 11.0 Å². The Morgan fingerprint density at radius 1 is 1.14 bits per heavy atom. The van der Waals surface area contributed by atoms with Gasteiger partial charge in [-0.1, -0.05) is 17.7 Å². The van der Waals surface area contributed by atoms with Crippen LogP contribution in [0, 0.1) is 0 Å². The molecule has 1 fully saturated rings. The molecule has 0 bridgehead atoms. The first-order valence-electron chi connectivity index (χ1n) is 9.68. The van der Waals surface area contributed by atoms with Crippen molar-refractivity contribution in [2.24, 2.45) is 0 Å². The van der Waals surface area contributed by atoms with Crippen molar-refractivity contribution in [2.45, 2.75) is 26.4 Å². The minimum atomic E-state index is -0.253. The van der Waals surface area contributed by atoms with Gasteiger partial charge in [-0.25, -0.2) is 19.4 Å². The summed E-state index contributed by atoms with van der Waals surface area (Å²) in [6.45, 7) is 6.51. The molecule has 9 heteroatoms. The molecule has 0 atom stereocenters. The number of hydrogen-bond donors (Lipinski definition) is 0. The van der Waals surface area contributed by atoms with Crippen LogP contribution in [0.5, 0.6) is 0 Å². The number of pyridine rings is 2. The predicted molar refractivity (Wildman–Crippen MR) is 112 cm³/mol. The first-order chi connectivity index (χ1) is 14.0. The molecule has 1 saturated heterocycles. The van der Waals surface area contributed by atoms with Crippen LogP contribution in [-0.4, -0.2) is 63.0 Å². The molecule has 0 unspecified atom stereocenters. The van der Waals surface area contributed by atoms with E-state index in [1.807, 2.05) is 32.0 Å². The topological polar surface area (TPSA) is 76.4 Å². The third-order valence-electron chi connectivity index (χ3n) is 4.77. The van der Waals surface area contributed by atoms with E-state index in [9.17, 15) is 4.79 Å². The molecular weight excluding hydrogens is 392 g/mol. The normalized spacial score (nSPS) is 15.0. The largest absolute Gasteiger partial charge is 0.447 e. The van der Waals surface area contributed by atoms with Gasteiger partial charge < -0.3 is 14.5 Å². The molecular formula is C20H23ClN6O2. The molecule has 1 amide bonds. The van der Waals surface area contributed by atoms with E-state index in [1.54, 1.807) is 28.0 Å². The summed E-state index contributed by atoms with van der Waals surface area (Å²) in [4.78, 5) is 25.1. The number of anilines is 1. The highest BCUT2D eigenvalue weighted by molar-refractivity contribution is 6.30. The standard InChI is InChI=1S/C20H23ClN6O2/c1-14(2)29-20(28)26-8-4-7-25(9-10-26)18-5-3-6-19(24-18)27-16-11-17(21)22-12-15(16)13-23-27/h3,5-6,11-14H,4,7-10H2,1-2H3. The third-order valence-corrected chi connectivity index (χ3v) is 4.98. The molecule has 0 aliphatic carbocycles. The lowest BCUT2D eigenvalue weighted by molar-refractivity contribution is 0.0788. The molecule has 8 nitrogen and oxygen atoms in total. The Bertz CT molecular complexity index is 1020. The summed E-state index contributed by atoms with van der Waals surface area (Å²) >= 11 is 6.05. The summed E-state index contributed by atoms with van der Waals surface area (Å²) in [5, 5.41) is 5.75. The second-order valence-corrected chi connectivity index (χ2v) is 7.62. The van der Waals surface area contributed by atoms with E-state index in [4.69, 9.17) is 21.3 Å². The highest BCUT2D eigenvalue weighted by Gasteiger charge is 2.22. The first-order valence-corrected chi connectivity index (χ1v) is 10.1. The average molecular weight is 415 g/mol. The number of carbonyl (C=O) groups is 1. The molecule has 3 aromatic heterocycles. The summed E-state index contributed by atoms with van der Waals surface area (Å²) in [6.07, 6.45) is 3.93. The van der Waals surface area contributed by atoms with Crippen molar-refractivity contribution >= 4 is 34.4 Å². The number of amides is 1. The Morgan fingerprint density at radius 3 is 2.79 bits per heavy atom. The summed E-state index contributed by atoms with van der Waals surface area (Å²) in [5.74, 6) is 1.56. The van der Waals surface area contributed by atoms with Gasteiger partial charge in [-0.15, -0.1) is 0 Å². The lowest BCUT2D eigenvalue weighted by atomic mass is 10.3. The Balaban J connectivity index is 1.54. The molecule has 0 N–H and O–H groups in total. The summed E-state index contributed by atoms with van der Waals surface area (Å²) in [7, 11) is 0. The average Bonchev–Trinajstić information content (AvgIpc) is 2.94. The Morgan fingerprint density at radius 2 is 1.97 bits per heavy atom. The molecule has 4 heterocycles. The van der Waals surface area contributed by atoms with Gasteiger partial charge in [-0.2, -0.15) is 5.10 Å². The van der Waals surface area contributed by atoms with Gasteiger partial charge in [0.25, 0.3) is 0 Å². The van der Waals surface area contributed by atoms with Crippen LogP contribution in [-0.2, 0) is 4.74 Å². The van der Waals surface area contributed by atoms with Crippen molar-refractivity contribution in [3.63, 3.8) is 0 Å². The van der Waals surface area contributed by atoms with Crippen molar-refractivity contribution in [1.82, 2.24) is 24.6 Å². The lowest BCUT2D eigenvalue weighted by Gasteiger charge is -2.23. The molecule has 0 spiro atoms. The number of fused-ring (bicyclic) bond motifs is 1. The van der Waals surface area contributed by atoms with Crippen LogP contribution in [0.15, 0.2) is 36.7 Å². The maximum absolute atomic E-state index is 12.2. The first kappa shape index (κ1) is 19.4. The maximum Gasteiger partial charge on any atom is 0.410 e. The Kier molecular flexibility index (Phi) is 5.53. The van der Waals surface area contributed by atoms with E-state index in [0.717, 1.165) is 29.7 Å². The summed E-state index contributed by atoms with van der Waals surface area (Å²) in [5.41, 5.74) is 0.855. The predicted octanol–water partition coefficient (Wildman–Crippen LogP) is 3.53. The van der Waals surface area contributed by atoms with E-state index < -0.39 is 0 Å². The van der Waals surface area contributed by atoms with Crippen LogP contribution in [0.25, 0.3) is 16.7 Å². The third kappa shape index (κ3) is 4.27. The van der Waals surface area contributed by atoms with Crippen molar-refractivity contribution in [2.75, 3.05) is 31.1 Å². The molecule has 0 aromatic carbocycles. The minimum Gasteiger partial charge on any atom is -0.447 e. The van der Waals surface area contributed by atoms with Gasteiger partial charge in [0, 0.05) is 43.8 Å². The van der Waals surface area contributed by atoms with E-state index in [-0.39, 0.29) is 12.2 Å². The van der Waals surface area contributed by atoms with Crippen molar-refractivity contribution < 1.29 is 9.53 Å². The quantitative estimate of drug-likeness (QED) is 0.610. The van der Waals surface area contributed by atoms with Crippen LogP contribution in [0.3, 0.4) is 0 Å². The fourth-order valence-corrected chi connectivity index (χ4v) is 3.54. The minimum absolute atomic E-state index is 0.118. The van der Waals surface area contributed by atoms with Gasteiger partial charge >= 0.3 is 6.09 Å². The van der Waals surface area contributed by atoms with E-state index in [0.29, 0.717) is 30.6 Å². The maximum atomic E-state index is 12.2. The van der Waals surface area contributed by atoms with Crippen molar-refractivity contribution in [3.8, 4) is 5.82 Å². The molecule has 0 radical (unpaired) electrons. The second kappa shape index (κ2) is 8.24. The van der Waals surface area contributed by atoms with Crippen LogP contribution in [0.2, 0.25) is 5.15 Å². The number of halogens is 1. The molecule has 29 heavy (non-hydrogen) atoms. The van der Waals surface area contributed by atoms with Crippen molar-refractivity contribution in [1.29, 1.82) is 0 Å². The number of nitrogens with zero attached hydrogens (tertiary/aromatic N) is 6. The van der Waals surface area contributed by atoms with Gasteiger partial charge in [0.05, 0.1) is 17.8 Å².